The lowest BCUT2D eigenvalue weighted by Crippen LogP contribution is -2.40. The molecule has 2 unspecified atom stereocenters. The topological polar surface area (TPSA) is 41.5 Å². The Morgan fingerprint density at radius 3 is 2.62 bits per heavy atom. The van der Waals surface area contributed by atoms with Crippen molar-refractivity contribution in [1.29, 1.82) is 0 Å². The molecule has 0 amide bonds. The second-order valence-electron chi connectivity index (χ2n) is 4.93. The molecule has 1 aliphatic rings. The van der Waals surface area contributed by atoms with Crippen LogP contribution in [0.15, 0.2) is 0 Å². The van der Waals surface area contributed by atoms with Crippen LogP contribution in [0.25, 0.3) is 0 Å². The van der Waals surface area contributed by atoms with E-state index in [1.807, 2.05) is 6.92 Å². The molecule has 1 rings (SSSR count). The zero-order valence-corrected chi connectivity index (χ0v) is 10.7. The van der Waals surface area contributed by atoms with Crippen LogP contribution < -0.4 is 5.32 Å². The lowest BCUT2D eigenvalue weighted by molar-refractivity contribution is 0.0732. The largest absolute Gasteiger partial charge is 0.392 e. The molecule has 0 aliphatic heterocycles. The third-order valence-electron chi connectivity index (χ3n) is 3.44. The first kappa shape index (κ1) is 13.9. The van der Waals surface area contributed by atoms with Crippen LogP contribution in [0.4, 0.5) is 0 Å². The summed E-state index contributed by atoms with van der Waals surface area (Å²) in [5.74, 6) is 0.514. The summed E-state index contributed by atoms with van der Waals surface area (Å²) in [4.78, 5) is 0. The molecule has 2 atom stereocenters. The van der Waals surface area contributed by atoms with Gasteiger partial charge in [-0.2, -0.15) is 0 Å². The first-order chi connectivity index (χ1) is 7.74. The van der Waals surface area contributed by atoms with E-state index in [0.717, 1.165) is 13.2 Å². The SMILES string of the molecule is CCOCC(C)NCC(O)C1CCCCC1. The Morgan fingerprint density at radius 2 is 2.00 bits per heavy atom. The molecule has 0 spiro atoms. The van der Waals surface area contributed by atoms with Crippen LogP contribution in [0.3, 0.4) is 0 Å². The molecular weight excluding hydrogens is 202 g/mol. The van der Waals surface area contributed by atoms with Crippen LogP contribution >= 0.6 is 0 Å². The van der Waals surface area contributed by atoms with E-state index in [1.54, 1.807) is 0 Å². The quantitative estimate of drug-likeness (QED) is 0.701. The minimum Gasteiger partial charge on any atom is -0.392 e. The maximum Gasteiger partial charge on any atom is 0.0692 e. The van der Waals surface area contributed by atoms with Crippen LogP contribution in [0.2, 0.25) is 0 Å². The highest BCUT2D eigenvalue weighted by Crippen LogP contribution is 2.26. The summed E-state index contributed by atoms with van der Waals surface area (Å²) in [7, 11) is 0. The van der Waals surface area contributed by atoms with Crippen LogP contribution in [-0.2, 0) is 4.74 Å². The third-order valence-corrected chi connectivity index (χ3v) is 3.44. The van der Waals surface area contributed by atoms with Gasteiger partial charge in [-0.3, -0.25) is 0 Å². The van der Waals surface area contributed by atoms with Crippen LogP contribution in [-0.4, -0.2) is 37.0 Å². The number of aliphatic hydroxyl groups excluding tert-OH is 1. The van der Waals surface area contributed by atoms with Gasteiger partial charge in [-0.05, 0) is 32.6 Å². The number of ether oxygens (including phenoxy) is 1. The van der Waals surface area contributed by atoms with Gasteiger partial charge in [0, 0.05) is 19.2 Å². The van der Waals surface area contributed by atoms with Crippen LogP contribution in [0.5, 0.6) is 0 Å². The Kier molecular flexibility index (Phi) is 7.01. The highest BCUT2D eigenvalue weighted by molar-refractivity contribution is 4.75. The molecule has 0 aromatic rings. The summed E-state index contributed by atoms with van der Waals surface area (Å²) >= 11 is 0. The molecule has 0 heterocycles. The smallest absolute Gasteiger partial charge is 0.0692 e. The van der Waals surface area contributed by atoms with Crippen molar-refractivity contribution < 1.29 is 9.84 Å². The molecule has 16 heavy (non-hydrogen) atoms. The molecular formula is C13H27NO2. The number of rotatable bonds is 7. The minimum absolute atomic E-state index is 0.177. The van der Waals surface area contributed by atoms with E-state index in [-0.39, 0.29) is 6.10 Å². The first-order valence-electron chi connectivity index (χ1n) is 6.73. The van der Waals surface area contributed by atoms with Crippen molar-refractivity contribution in [2.45, 2.75) is 58.1 Å². The van der Waals surface area contributed by atoms with Crippen molar-refractivity contribution in [1.82, 2.24) is 5.32 Å². The first-order valence-corrected chi connectivity index (χ1v) is 6.73. The van der Waals surface area contributed by atoms with Crippen molar-refractivity contribution in [3.8, 4) is 0 Å². The predicted octanol–water partition coefficient (Wildman–Crippen LogP) is 1.94. The lowest BCUT2D eigenvalue weighted by Gasteiger charge is -2.27. The molecule has 96 valence electrons. The summed E-state index contributed by atoms with van der Waals surface area (Å²) in [5, 5.41) is 13.4. The molecule has 3 nitrogen and oxygen atoms in total. The fraction of sp³-hybridized carbons (Fsp3) is 1.00. The summed E-state index contributed by atoms with van der Waals surface area (Å²) < 4.78 is 5.33. The minimum atomic E-state index is -0.177. The van der Waals surface area contributed by atoms with Gasteiger partial charge in [0.15, 0.2) is 0 Å². The van der Waals surface area contributed by atoms with E-state index in [1.165, 1.54) is 32.1 Å². The standard InChI is InChI=1S/C13H27NO2/c1-3-16-10-11(2)14-9-13(15)12-7-5-4-6-8-12/h11-15H,3-10H2,1-2H3. The van der Waals surface area contributed by atoms with E-state index >= 15 is 0 Å². The Hall–Kier alpha value is -0.120. The molecule has 0 aromatic heterocycles. The Morgan fingerprint density at radius 1 is 1.31 bits per heavy atom. The Bertz CT molecular complexity index is 169. The van der Waals surface area contributed by atoms with Gasteiger partial charge >= 0.3 is 0 Å². The molecule has 0 saturated heterocycles. The maximum atomic E-state index is 10.0. The summed E-state index contributed by atoms with van der Waals surface area (Å²) in [6, 6.07) is 0.332. The van der Waals surface area contributed by atoms with Crippen LogP contribution in [0, 0.1) is 5.92 Å². The molecule has 0 aromatic carbocycles. The fourth-order valence-corrected chi connectivity index (χ4v) is 2.36. The second-order valence-corrected chi connectivity index (χ2v) is 4.93. The second kappa shape index (κ2) is 8.04. The third kappa shape index (κ3) is 5.28. The van der Waals surface area contributed by atoms with Crippen molar-refractivity contribution >= 4 is 0 Å². The molecule has 1 fully saturated rings. The summed E-state index contributed by atoms with van der Waals surface area (Å²) in [6.45, 7) is 6.30. The van der Waals surface area contributed by atoms with Crippen molar-refractivity contribution in [2.75, 3.05) is 19.8 Å². The average molecular weight is 229 g/mol. The zero-order chi connectivity index (χ0) is 11.8. The van der Waals surface area contributed by atoms with Gasteiger partial charge in [0.05, 0.1) is 12.7 Å². The lowest BCUT2D eigenvalue weighted by atomic mass is 9.85. The van der Waals surface area contributed by atoms with Gasteiger partial charge in [-0.1, -0.05) is 19.3 Å². The van der Waals surface area contributed by atoms with E-state index < -0.39 is 0 Å². The molecule has 2 N–H and O–H groups in total. The number of nitrogens with one attached hydrogen (secondary N) is 1. The Balaban J connectivity index is 2.10. The van der Waals surface area contributed by atoms with Crippen molar-refractivity contribution in [2.24, 2.45) is 5.92 Å². The summed E-state index contributed by atoms with van der Waals surface area (Å²) in [6.07, 6.45) is 6.14. The van der Waals surface area contributed by atoms with Gasteiger partial charge in [0.2, 0.25) is 0 Å². The van der Waals surface area contributed by atoms with Gasteiger partial charge in [0.1, 0.15) is 0 Å². The average Bonchev–Trinajstić information content (AvgIpc) is 2.34. The highest BCUT2D eigenvalue weighted by Gasteiger charge is 2.21. The van der Waals surface area contributed by atoms with E-state index in [2.05, 4.69) is 12.2 Å². The van der Waals surface area contributed by atoms with Gasteiger partial charge in [-0.15, -0.1) is 0 Å². The van der Waals surface area contributed by atoms with E-state index in [4.69, 9.17) is 4.74 Å². The van der Waals surface area contributed by atoms with E-state index in [9.17, 15) is 5.11 Å². The molecule has 1 aliphatic carbocycles. The van der Waals surface area contributed by atoms with Crippen molar-refractivity contribution in [3.05, 3.63) is 0 Å². The zero-order valence-electron chi connectivity index (χ0n) is 10.7. The molecule has 3 heteroatoms. The maximum absolute atomic E-state index is 10.0. The van der Waals surface area contributed by atoms with Crippen molar-refractivity contribution in [3.63, 3.8) is 0 Å². The highest BCUT2D eigenvalue weighted by atomic mass is 16.5. The number of hydrogen-bond donors (Lipinski definition) is 2. The van der Waals surface area contributed by atoms with Gasteiger partial charge in [0.25, 0.3) is 0 Å². The van der Waals surface area contributed by atoms with Gasteiger partial charge < -0.3 is 15.2 Å². The molecule has 0 bridgehead atoms. The molecule has 0 radical (unpaired) electrons. The predicted molar refractivity (Wildman–Crippen MR) is 66.5 cm³/mol. The Labute approximate surface area is 99.6 Å². The normalized spacial score (nSPS) is 21.9. The molecule has 1 saturated carbocycles. The number of aliphatic hydroxyl groups is 1. The van der Waals surface area contributed by atoms with Crippen LogP contribution in [0.1, 0.15) is 46.0 Å². The summed E-state index contributed by atoms with van der Waals surface area (Å²) in [5.41, 5.74) is 0. The number of hydrogen-bond acceptors (Lipinski definition) is 3. The van der Waals surface area contributed by atoms with Gasteiger partial charge in [-0.25, -0.2) is 0 Å². The van der Waals surface area contributed by atoms with E-state index in [0.29, 0.717) is 18.5 Å². The fourth-order valence-electron chi connectivity index (χ4n) is 2.36. The monoisotopic (exact) mass is 229 g/mol.